The lowest BCUT2D eigenvalue weighted by molar-refractivity contribution is -0.145. The lowest BCUT2D eigenvalue weighted by Crippen LogP contribution is -2.20. The first-order chi connectivity index (χ1) is 18.1. The number of para-hydroxylation sites is 1. The summed E-state index contributed by atoms with van der Waals surface area (Å²) in [6.45, 7) is 1.43. The Bertz CT molecular complexity index is 1610. The van der Waals surface area contributed by atoms with Crippen LogP contribution in [0.25, 0.3) is 22.3 Å². The summed E-state index contributed by atoms with van der Waals surface area (Å²) in [5.41, 5.74) is -0.898. The van der Waals surface area contributed by atoms with Crippen molar-refractivity contribution in [2.75, 3.05) is 13.2 Å². The van der Waals surface area contributed by atoms with E-state index in [2.05, 4.69) is 26.0 Å². The number of ether oxygens (including phenoxy) is 2. The molecule has 38 heavy (non-hydrogen) atoms. The van der Waals surface area contributed by atoms with Crippen LogP contribution in [0.15, 0.2) is 75.0 Å². The molecule has 4 aromatic rings. The third-order valence-electron chi connectivity index (χ3n) is 5.19. The highest BCUT2D eigenvalue weighted by atomic mass is 79.9. The molecule has 12 heteroatoms. The molecule has 0 spiro atoms. The van der Waals surface area contributed by atoms with Crippen LogP contribution in [-0.4, -0.2) is 35.1 Å². The predicted octanol–water partition coefficient (Wildman–Crippen LogP) is 6.32. The Morgan fingerprint density at radius 3 is 2.66 bits per heavy atom. The average Bonchev–Trinajstić information content (AvgIpc) is 2.87. The van der Waals surface area contributed by atoms with E-state index in [0.29, 0.717) is 15.0 Å². The highest BCUT2D eigenvalue weighted by molar-refractivity contribution is 9.10. The van der Waals surface area contributed by atoms with E-state index in [1.54, 1.807) is 25.1 Å². The minimum Gasteiger partial charge on any atom is -0.480 e. The first-order valence-corrected chi connectivity index (χ1v) is 12.3. The van der Waals surface area contributed by atoms with Gasteiger partial charge in [0.25, 0.3) is 5.56 Å². The summed E-state index contributed by atoms with van der Waals surface area (Å²) in [4.78, 5) is 29.6. The van der Waals surface area contributed by atoms with Crippen molar-refractivity contribution in [1.82, 2.24) is 9.66 Å². The summed E-state index contributed by atoms with van der Waals surface area (Å²) >= 11 is 9.51. The van der Waals surface area contributed by atoms with Crippen LogP contribution >= 0.6 is 27.5 Å². The second-order valence-corrected chi connectivity index (χ2v) is 9.08. The van der Waals surface area contributed by atoms with Gasteiger partial charge in [-0.3, -0.25) is 4.79 Å². The second kappa shape index (κ2) is 11.4. The van der Waals surface area contributed by atoms with Crippen molar-refractivity contribution in [3.63, 3.8) is 0 Å². The van der Waals surface area contributed by atoms with E-state index >= 15 is 0 Å². The van der Waals surface area contributed by atoms with Crippen molar-refractivity contribution in [3.8, 4) is 17.1 Å². The Labute approximate surface area is 227 Å². The molecule has 0 atom stereocenters. The molecule has 0 fully saturated rings. The SMILES string of the molecule is CCOC(=O)COc1c(Br)cc(Cl)cc1C=Nn1c(-c2cccc(C(F)(F)F)c2)nc2ccccc2c1=O. The van der Waals surface area contributed by atoms with Gasteiger partial charge in [-0.05, 0) is 59.3 Å². The van der Waals surface area contributed by atoms with E-state index in [0.717, 1.165) is 16.8 Å². The molecule has 0 bridgehead atoms. The number of benzene rings is 3. The highest BCUT2D eigenvalue weighted by Gasteiger charge is 2.31. The molecule has 1 heterocycles. The van der Waals surface area contributed by atoms with E-state index < -0.39 is 29.9 Å². The number of hydrogen-bond donors (Lipinski definition) is 0. The molecule has 0 saturated heterocycles. The van der Waals surface area contributed by atoms with Gasteiger partial charge in [0.2, 0.25) is 0 Å². The number of carbonyl (C=O) groups is 1. The van der Waals surface area contributed by atoms with E-state index in [-0.39, 0.29) is 34.7 Å². The third kappa shape index (κ3) is 6.05. The molecular weight excluding hydrogens is 591 g/mol. The van der Waals surface area contributed by atoms with Crippen LogP contribution < -0.4 is 10.3 Å². The fourth-order valence-corrected chi connectivity index (χ4v) is 4.48. The standard InChI is InChI=1S/C26H18BrClF3N3O4/c1-2-37-22(35)14-38-23-16(11-18(28)12-20(23)27)13-32-34-24(15-6-5-7-17(10-15)26(29,30)31)33-21-9-4-3-8-19(21)25(34)36/h3-13H,2,14H2,1H3. The van der Waals surface area contributed by atoms with Crippen LogP contribution in [0, 0.1) is 0 Å². The smallest absolute Gasteiger partial charge is 0.416 e. The van der Waals surface area contributed by atoms with E-state index in [4.69, 9.17) is 21.1 Å². The Kier molecular flexibility index (Phi) is 8.17. The van der Waals surface area contributed by atoms with Crippen molar-refractivity contribution in [3.05, 3.63) is 91.6 Å². The fraction of sp³-hybridized carbons (Fsp3) is 0.154. The molecule has 0 unspecified atom stereocenters. The van der Waals surface area contributed by atoms with Gasteiger partial charge in [-0.1, -0.05) is 35.9 Å². The minimum absolute atomic E-state index is 0.0332. The number of halogens is 5. The fourth-order valence-electron chi connectivity index (χ4n) is 3.53. The number of esters is 1. The minimum atomic E-state index is -4.60. The van der Waals surface area contributed by atoms with Gasteiger partial charge in [-0.15, -0.1) is 0 Å². The highest BCUT2D eigenvalue weighted by Crippen LogP contribution is 2.33. The summed E-state index contributed by atoms with van der Waals surface area (Å²) in [6, 6.07) is 13.9. The van der Waals surface area contributed by atoms with E-state index in [1.807, 2.05) is 0 Å². The van der Waals surface area contributed by atoms with Gasteiger partial charge < -0.3 is 9.47 Å². The molecule has 1 aromatic heterocycles. The molecule has 0 radical (unpaired) electrons. The zero-order chi connectivity index (χ0) is 27.4. The zero-order valence-corrected chi connectivity index (χ0v) is 22.0. The van der Waals surface area contributed by atoms with Crippen molar-refractivity contribution in [2.45, 2.75) is 13.1 Å². The van der Waals surface area contributed by atoms with Crippen LogP contribution in [0.3, 0.4) is 0 Å². The Morgan fingerprint density at radius 1 is 1.16 bits per heavy atom. The Morgan fingerprint density at radius 2 is 1.92 bits per heavy atom. The quantitative estimate of drug-likeness (QED) is 0.181. The van der Waals surface area contributed by atoms with Crippen LogP contribution in [0.5, 0.6) is 5.75 Å². The largest absolute Gasteiger partial charge is 0.480 e. The topological polar surface area (TPSA) is 82.8 Å². The normalized spacial score (nSPS) is 11.7. The molecule has 3 aromatic carbocycles. The lowest BCUT2D eigenvalue weighted by atomic mass is 10.1. The monoisotopic (exact) mass is 607 g/mol. The van der Waals surface area contributed by atoms with Crippen molar-refractivity contribution in [1.29, 1.82) is 0 Å². The summed E-state index contributed by atoms with van der Waals surface area (Å²) in [5.74, 6) is -0.515. The number of nitrogens with zero attached hydrogens (tertiary/aromatic N) is 3. The number of alkyl halides is 3. The predicted molar refractivity (Wildman–Crippen MR) is 141 cm³/mol. The van der Waals surface area contributed by atoms with Gasteiger partial charge in [-0.25, -0.2) is 9.78 Å². The van der Waals surface area contributed by atoms with Crippen molar-refractivity contribution < 1.29 is 27.4 Å². The Hall–Kier alpha value is -3.70. The van der Waals surface area contributed by atoms with Gasteiger partial charge in [0, 0.05) is 16.1 Å². The molecule has 196 valence electrons. The molecule has 4 rings (SSSR count). The summed E-state index contributed by atoms with van der Waals surface area (Å²) in [6.07, 6.45) is -3.36. The number of fused-ring (bicyclic) bond motifs is 1. The molecule has 0 aliphatic carbocycles. The van der Waals surface area contributed by atoms with Crippen LogP contribution in [0.4, 0.5) is 13.2 Å². The van der Waals surface area contributed by atoms with Crippen molar-refractivity contribution >= 4 is 50.6 Å². The van der Waals surface area contributed by atoms with Gasteiger partial charge >= 0.3 is 12.1 Å². The molecule has 0 saturated carbocycles. The van der Waals surface area contributed by atoms with E-state index in [1.165, 1.54) is 36.5 Å². The Balaban J connectivity index is 1.86. The van der Waals surface area contributed by atoms with Crippen LogP contribution in [0.2, 0.25) is 5.02 Å². The molecule has 7 nitrogen and oxygen atoms in total. The molecular formula is C26H18BrClF3N3O4. The summed E-state index contributed by atoms with van der Waals surface area (Å²) in [7, 11) is 0. The number of carbonyl (C=O) groups excluding carboxylic acids is 1. The van der Waals surface area contributed by atoms with Crippen molar-refractivity contribution in [2.24, 2.45) is 5.10 Å². The number of hydrogen-bond acceptors (Lipinski definition) is 6. The maximum atomic E-state index is 13.4. The summed E-state index contributed by atoms with van der Waals surface area (Å²) < 4.78 is 52.0. The van der Waals surface area contributed by atoms with Crippen LogP contribution in [-0.2, 0) is 15.7 Å². The second-order valence-electron chi connectivity index (χ2n) is 7.79. The first-order valence-electron chi connectivity index (χ1n) is 11.1. The maximum absolute atomic E-state index is 13.4. The average molecular weight is 609 g/mol. The summed E-state index contributed by atoms with van der Waals surface area (Å²) in [5, 5.41) is 4.77. The van der Waals surface area contributed by atoms with Crippen LogP contribution in [0.1, 0.15) is 18.1 Å². The molecule has 0 N–H and O–H groups in total. The first kappa shape index (κ1) is 27.3. The molecule has 0 aliphatic rings. The lowest BCUT2D eigenvalue weighted by Gasteiger charge is -2.13. The maximum Gasteiger partial charge on any atom is 0.416 e. The third-order valence-corrected chi connectivity index (χ3v) is 6.00. The van der Waals surface area contributed by atoms with Gasteiger partial charge in [0.15, 0.2) is 12.4 Å². The van der Waals surface area contributed by atoms with E-state index in [9.17, 15) is 22.8 Å². The molecule has 0 amide bonds. The molecule has 0 aliphatic heterocycles. The van der Waals surface area contributed by atoms with Gasteiger partial charge in [0.1, 0.15) is 5.75 Å². The number of rotatable bonds is 7. The number of aromatic nitrogens is 2. The zero-order valence-electron chi connectivity index (χ0n) is 19.6. The van der Waals surface area contributed by atoms with Gasteiger partial charge in [-0.2, -0.15) is 22.9 Å². The van der Waals surface area contributed by atoms with Gasteiger partial charge in [0.05, 0.1) is 33.8 Å².